The van der Waals surface area contributed by atoms with E-state index in [0.717, 1.165) is 12.1 Å². The molecule has 1 aromatic carbocycles. The van der Waals surface area contributed by atoms with Crippen molar-refractivity contribution in [1.29, 1.82) is 0 Å². The van der Waals surface area contributed by atoms with E-state index in [4.69, 9.17) is 16.6 Å². The normalized spacial score (nSPS) is 14.2. The lowest BCUT2D eigenvalue weighted by molar-refractivity contribution is -0.137. The molecule has 1 saturated heterocycles. The summed E-state index contributed by atoms with van der Waals surface area (Å²) in [6, 6.07) is 6.46. The summed E-state index contributed by atoms with van der Waals surface area (Å²) in [5.74, 6) is 0.485. The molecule has 190 valence electrons. The van der Waals surface area contributed by atoms with Crippen molar-refractivity contribution >= 4 is 23.3 Å². The molecule has 0 spiro atoms. The highest BCUT2D eigenvalue weighted by Gasteiger charge is 2.30. The second kappa shape index (κ2) is 9.81. The highest BCUT2D eigenvalue weighted by molar-refractivity contribution is 6.33. The van der Waals surface area contributed by atoms with Crippen LogP contribution in [0, 0.1) is 0 Å². The Bertz CT molecular complexity index is 1430. The molecular formula is C25H21ClF3N7O. The van der Waals surface area contributed by atoms with E-state index in [0.29, 0.717) is 65.2 Å². The summed E-state index contributed by atoms with van der Waals surface area (Å²) in [5, 5.41) is 0.341. The number of carbonyl (C=O) groups excluding carboxylic acids is 1. The van der Waals surface area contributed by atoms with Gasteiger partial charge in [0.15, 0.2) is 0 Å². The molecule has 12 heteroatoms. The maximum Gasteiger partial charge on any atom is 0.416 e. The Morgan fingerprint density at radius 2 is 1.68 bits per heavy atom. The summed E-state index contributed by atoms with van der Waals surface area (Å²) in [6.07, 6.45) is 3.32. The number of aryl methyl sites for hydroxylation is 1. The zero-order chi connectivity index (χ0) is 26.2. The van der Waals surface area contributed by atoms with Gasteiger partial charge in [-0.25, -0.2) is 9.97 Å². The summed E-state index contributed by atoms with van der Waals surface area (Å²) in [5.41, 5.74) is 1.63. The number of pyridine rings is 1. The number of piperazine rings is 1. The molecule has 0 atom stereocenters. The fourth-order valence-electron chi connectivity index (χ4n) is 4.18. The van der Waals surface area contributed by atoms with Gasteiger partial charge in [0.2, 0.25) is 0 Å². The van der Waals surface area contributed by atoms with Crippen LogP contribution < -0.4 is 4.90 Å². The zero-order valence-electron chi connectivity index (χ0n) is 19.7. The highest BCUT2D eigenvalue weighted by atomic mass is 35.5. The van der Waals surface area contributed by atoms with E-state index in [-0.39, 0.29) is 5.91 Å². The summed E-state index contributed by atoms with van der Waals surface area (Å²) in [6.45, 7) is 2.03. The molecule has 5 rings (SSSR count). The van der Waals surface area contributed by atoms with Crippen LogP contribution in [0.15, 0.2) is 61.4 Å². The van der Waals surface area contributed by atoms with Gasteiger partial charge in [-0.05, 0) is 18.2 Å². The number of hydrogen-bond donors (Lipinski definition) is 0. The number of benzene rings is 1. The Balaban J connectivity index is 1.44. The number of halogens is 4. The number of imidazole rings is 1. The monoisotopic (exact) mass is 527 g/mol. The third-order valence-corrected chi connectivity index (χ3v) is 6.50. The lowest BCUT2D eigenvalue weighted by Crippen LogP contribution is -2.49. The molecule has 8 nitrogen and oxygen atoms in total. The molecule has 0 bridgehead atoms. The Kier molecular flexibility index (Phi) is 6.55. The average Bonchev–Trinajstić information content (AvgIpc) is 3.33. The van der Waals surface area contributed by atoms with E-state index in [1.54, 1.807) is 47.5 Å². The molecule has 37 heavy (non-hydrogen) atoms. The van der Waals surface area contributed by atoms with Crippen LogP contribution in [-0.4, -0.2) is 61.5 Å². The van der Waals surface area contributed by atoms with Gasteiger partial charge >= 0.3 is 6.18 Å². The number of nitrogens with zero attached hydrogens (tertiary/aromatic N) is 7. The lowest BCUT2D eigenvalue weighted by atomic mass is 10.0. The van der Waals surface area contributed by atoms with E-state index in [1.165, 1.54) is 18.3 Å². The number of carbonyl (C=O) groups is 1. The van der Waals surface area contributed by atoms with Gasteiger partial charge in [-0.2, -0.15) is 13.2 Å². The average molecular weight is 528 g/mol. The maximum atomic E-state index is 13.1. The van der Waals surface area contributed by atoms with Crippen LogP contribution in [0.25, 0.3) is 22.5 Å². The zero-order valence-corrected chi connectivity index (χ0v) is 20.4. The molecule has 0 saturated carbocycles. The van der Waals surface area contributed by atoms with Crippen molar-refractivity contribution in [1.82, 2.24) is 29.4 Å². The summed E-state index contributed by atoms with van der Waals surface area (Å²) < 4.78 is 40.9. The van der Waals surface area contributed by atoms with E-state index in [9.17, 15) is 18.0 Å². The van der Waals surface area contributed by atoms with Gasteiger partial charge in [0.1, 0.15) is 17.2 Å². The van der Waals surface area contributed by atoms with Gasteiger partial charge in [0.05, 0.1) is 35.0 Å². The molecule has 4 heterocycles. The van der Waals surface area contributed by atoms with Crippen LogP contribution in [0.5, 0.6) is 0 Å². The molecule has 0 unspecified atom stereocenters. The van der Waals surface area contributed by atoms with Gasteiger partial charge in [-0.3, -0.25) is 14.8 Å². The number of rotatable bonds is 4. The van der Waals surface area contributed by atoms with E-state index < -0.39 is 11.7 Å². The van der Waals surface area contributed by atoms with Crippen molar-refractivity contribution < 1.29 is 18.0 Å². The van der Waals surface area contributed by atoms with Crippen molar-refractivity contribution in [2.24, 2.45) is 7.05 Å². The first-order valence-electron chi connectivity index (χ1n) is 11.4. The summed E-state index contributed by atoms with van der Waals surface area (Å²) in [7, 11) is 1.77. The minimum atomic E-state index is -4.44. The van der Waals surface area contributed by atoms with Gasteiger partial charge in [-0.1, -0.05) is 23.7 Å². The van der Waals surface area contributed by atoms with Crippen molar-refractivity contribution in [2.45, 2.75) is 6.18 Å². The molecule has 1 aliphatic rings. The van der Waals surface area contributed by atoms with Crippen LogP contribution in [-0.2, 0) is 13.2 Å². The molecular weight excluding hydrogens is 507 g/mol. The quantitative estimate of drug-likeness (QED) is 0.387. The van der Waals surface area contributed by atoms with Crippen LogP contribution in [0.3, 0.4) is 0 Å². The van der Waals surface area contributed by atoms with Gasteiger partial charge < -0.3 is 14.4 Å². The SMILES string of the molecule is Cn1cncc1C(=O)N1CCN(c2cnc(-c3ccc(C(F)(F)F)cc3)c(-c3ccncc3Cl)n2)CC1. The second-order valence-electron chi connectivity index (χ2n) is 8.53. The van der Waals surface area contributed by atoms with E-state index >= 15 is 0 Å². The van der Waals surface area contributed by atoms with Crippen molar-refractivity contribution in [3.8, 4) is 22.5 Å². The van der Waals surface area contributed by atoms with Gasteiger partial charge in [0.25, 0.3) is 5.91 Å². The number of amides is 1. The number of hydrogen-bond acceptors (Lipinski definition) is 6. The van der Waals surface area contributed by atoms with Crippen molar-refractivity contribution in [3.05, 3.63) is 77.7 Å². The van der Waals surface area contributed by atoms with Crippen LogP contribution >= 0.6 is 11.6 Å². The minimum absolute atomic E-state index is 0.0901. The highest BCUT2D eigenvalue weighted by Crippen LogP contribution is 2.36. The van der Waals surface area contributed by atoms with Gasteiger partial charge in [0, 0.05) is 56.7 Å². The topological polar surface area (TPSA) is 80.0 Å². The first-order chi connectivity index (χ1) is 17.7. The van der Waals surface area contributed by atoms with Crippen LogP contribution in [0.4, 0.5) is 19.0 Å². The summed E-state index contributed by atoms with van der Waals surface area (Å²) in [4.78, 5) is 34.0. The number of alkyl halides is 3. The fraction of sp³-hybridized carbons (Fsp3) is 0.240. The Labute approximate surface area is 215 Å². The van der Waals surface area contributed by atoms with E-state index in [1.807, 2.05) is 4.90 Å². The molecule has 0 N–H and O–H groups in total. The predicted octanol–water partition coefficient (Wildman–Crippen LogP) is 4.57. The van der Waals surface area contributed by atoms with E-state index in [2.05, 4.69) is 15.0 Å². The van der Waals surface area contributed by atoms with Gasteiger partial charge in [-0.15, -0.1) is 0 Å². The first kappa shape index (κ1) is 24.7. The Morgan fingerprint density at radius 3 is 2.30 bits per heavy atom. The predicted molar refractivity (Wildman–Crippen MR) is 132 cm³/mol. The smallest absolute Gasteiger partial charge is 0.352 e. The largest absolute Gasteiger partial charge is 0.416 e. The summed E-state index contributed by atoms with van der Waals surface area (Å²) >= 11 is 6.41. The van der Waals surface area contributed by atoms with Crippen molar-refractivity contribution in [2.75, 3.05) is 31.1 Å². The Hall–Kier alpha value is -3.99. The molecule has 0 aliphatic carbocycles. The molecule has 1 amide bonds. The maximum absolute atomic E-state index is 13.1. The Morgan fingerprint density at radius 1 is 0.946 bits per heavy atom. The fourth-order valence-corrected chi connectivity index (χ4v) is 4.39. The second-order valence-corrected chi connectivity index (χ2v) is 8.93. The van der Waals surface area contributed by atoms with Crippen LogP contribution in [0.2, 0.25) is 5.02 Å². The molecule has 1 aliphatic heterocycles. The molecule has 3 aromatic heterocycles. The number of anilines is 1. The standard InChI is InChI=1S/C25H21ClF3N7O/c1-34-15-31-13-20(34)24(37)36-10-8-35(9-11-36)21-14-32-22(16-2-4-17(5-3-16)25(27,28)29)23(33-21)18-6-7-30-12-19(18)26/h2-7,12-15H,8-11H2,1H3. The lowest BCUT2D eigenvalue weighted by Gasteiger charge is -2.35. The third-order valence-electron chi connectivity index (χ3n) is 6.20. The first-order valence-corrected chi connectivity index (χ1v) is 11.8. The molecule has 4 aromatic rings. The van der Waals surface area contributed by atoms with Crippen LogP contribution in [0.1, 0.15) is 16.1 Å². The molecule has 1 fully saturated rings. The third kappa shape index (κ3) is 4.99. The molecule has 0 radical (unpaired) electrons. The van der Waals surface area contributed by atoms with Crippen molar-refractivity contribution in [3.63, 3.8) is 0 Å². The minimum Gasteiger partial charge on any atom is -0.352 e. The number of aromatic nitrogens is 5.